The third kappa shape index (κ3) is 4.09. The lowest BCUT2D eigenvalue weighted by Crippen LogP contribution is -2.46. The van der Waals surface area contributed by atoms with E-state index in [1.807, 2.05) is 21.9 Å². The lowest BCUT2D eigenvalue weighted by atomic mass is 10.1. The molecule has 2 heterocycles. The maximum Gasteiger partial charge on any atom is 0.318 e. The predicted octanol–water partition coefficient (Wildman–Crippen LogP) is 3.31. The van der Waals surface area contributed by atoms with Crippen LogP contribution in [0.5, 0.6) is 0 Å². The van der Waals surface area contributed by atoms with Gasteiger partial charge in [-0.05, 0) is 49.8 Å². The van der Waals surface area contributed by atoms with E-state index in [9.17, 15) is 9.59 Å². The van der Waals surface area contributed by atoms with Gasteiger partial charge in [0.2, 0.25) is 5.91 Å². The number of piperidine rings is 1. The summed E-state index contributed by atoms with van der Waals surface area (Å²) in [7, 11) is 0. The number of halogens is 1. The average molecular weight is 394 g/mol. The van der Waals surface area contributed by atoms with Crippen molar-refractivity contribution in [1.82, 2.24) is 15.1 Å². The third-order valence-electron chi connectivity index (χ3n) is 4.87. The summed E-state index contributed by atoms with van der Waals surface area (Å²) >= 11 is 3.44. The SMILES string of the molecule is O=C(CNC(=O)N1CCCC1c1ccc(Br)cc1)N1CCCCC1. The van der Waals surface area contributed by atoms with Crippen molar-refractivity contribution in [2.45, 2.75) is 38.1 Å². The van der Waals surface area contributed by atoms with E-state index in [1.54, 1.807) is 0 Å². The molecule has 0 radical (unpaired) electrons. The van der Waals surface area contributed by atoms with Crippen LogP contribution in [-0.2, 0) is 4.79 Å². The van der Waals surface area contributed by atoms with Crippen LogP contribution in [0.1, 0.15) is 43.7 Å². The molecule has 1 atom stereocenters. The molecular formula is C18H24BrN3O2. The average Bonchev–Trinajstić information content (AvgIpc) is 3.10. The zero-order valence-corrected chi connectivity index (χ0v) is 15.4. The molecule has 0 bridgehead atoms. The van der Waals surface area contributed by atoms with Crippen molar-refractivity contribution in [3.63, 3.8) is 0 Å². The summed E-state index contributed by atoms with van der Waals surface area (Å²) in [6.45, 7) is 2.48. The summed E-state index contributed by atoms with van der Waals surface area (Å²) < 4.78 is 1.03. The highest BCUT2D eigenvalue weighted by molar-refractivity contribution is 9.10. The first kappa shape index (κ1) is 17.3. The van der Waals surface area contributed by atoms with E-state index in [1.165, 1.54) is 6.42 Å². The van der Waals surface area contributed by atoms with Gasteiger partial charge in [0.1, 0.15) is 0 Å². The second-order valence-electron chi connectivity index (χ2n) is 6.50. The molecule has 6 heteroatoms. The fraction of sp³-hybridized carbons (Fsp3) is 0.556. The second-order valence-corrected chi connectivity index (χ2v) is 7.42. The largest absolute Gasteiger partial charge is 0.341 e. The molecule has 2 saturated heterocycles. The molecule has 1 aromatic rings. The summed E-state index contributed by atoms with van der Waals surface area (Å²) in [6.07, 6.45) is 5.29. The van der Waals surface area contributed by atoms with Crippen LogP contribution in [0.4, 0.5) is 4.79 Å². The number of hydrogen-bond donors (Lipinski definition) is 1. The zero-order valence-electron chi connectivity index (χ0n) is 13.8. The lowest BCUT2D eigenvalue weighted by Gasteiger charge is -2.28. The Bertz CT molecular complexity index is 584. The summed E-state index contributed by atoms with van der Waals surface area (Å²) in [5.41, 5.74) is 1.15. The van der Waals surface area contributed by atoms with Gasteiger partial charge in [0.05, 0.1) is 12.6 Å². The van der Waals surface area contributed by atoms with E-state index < -0.39 is 0 Å². The van der Waals surface area contributed by atoms with Gasteiger partial charge in [-0.1, -0.05) is 28.1 Å². The molecule has 0 aromatic heterocycles. The Morgan fingerprint density at radius 3 is 2.46 bits per heavy atom. The van der Waals surface area contributed by atoms with Crippen molar-refractivity contribution in [3.05, 3.63) is 34.3 Å². The quantitative estimate of drug-likeness (QED) is 0.855. The summed E-state index contributed by atoms with van der Waals surface area (Å²) in [4.78, 5) is 28.4. The van der Waals surface area contributed by atoms with E-state index in [4.69, 9.17) is 0 Å². The first-order valence-electron chi connectivity index (χ1n) is 8.73. The van der Waals surface area contributed by atoms with Crippen molar-refractivity contribution >= 4 is 27.9 Å². The fourth-order valence-electron chi connectivity index (χ4n) is 3.55. The van der Waals surface area contributed by atoms with Gasteiger partial charge in [-0.25, -0.2) is 4.79 Å². The van der Waals surface area contributed by atoms with Gasteiger partial charge in [0.25, 0.3) is 0 Å². The minimum absolute atomic E-state index is 0.0300. The monoisotopic (exact) mass is 393 g/mol. The molecule has 2 aliphatic heterocycles. The molecule has 3 amide bonds. The molecule has 1 N–H and O–H groups in total. The Balaban J connectivity index is 1.55. The van der Waals surface area contributed by atoms with Crippen LogP contribution < -0.4 is 5.32 Å². The molecule has 0 spiro atoms. The van der Waals surface area contributed by atoms with Crippen LogP contribution in [0.25, 0.3) is 0 Å². The second kappa shape index (κ2) is 8.01. The Morgan fingerprint density at radius 1 is 1.04 bits per heavy atom. The van der Waals surface area contributed by atoms with Crippen LogP contribution in [-0.4, -0.2) is 47.9 Å². The number of nitrogens with zero attached hydrogens (tertiary/aromatic N) is 2. The highest BCUT2D eigenvalue weighted by Crippen LogP contribution is 2.32. The van der Waals surface area contributed by atoms with Crippen LogP contribution in [0.2, 0.25) is 0 Å². The van der Waals surface area contributed by atoms with Crippen molar-refractivity contribution < 1.29 is 9.59 Å². The third-order valence-corrected chi connectivity index (χ3v) is 5.40. The number of carbonyl (C=O) groups excluding carboxylic acids is 2. The van der Waals surface area contributed by atoms with Crippen molar-refractivity contribution in [2.75, 3.05) is 26.2 Å². The molecule has 5 nitrogen and oxygen atoms in total. The topological polar surface area (TPSA) is 52.7 Å². The molecule has 0 saturated carbocycles. The van der Waals surface area contributed by atoms with Crippen LogP contribution in [0, 0.1) is 0 Å². The molecule has 2 fully saturated rings. The van der Waals surface area contributed by atoms with E-state index in [0.29, 0.717) is 0 Å². The maximum atomic E-state index is 12.5. The molecular weight excluding hydrogens is 370 g/mol. The predicted molar refractivity (Wildman–Crippen MR) is 96.7 cm³/mol. The molecule has 1 unspecified atom stereocenters. The van der Waals surface area contributed by atoms with Gasteiger partial charge in [-0.2, -0.15) is 0 Å². The highest BCUT2D eigenvalue weighted by atomic mass is 79.9. The Morgan fingerprint density at radius 2 is 1.75 bits per heavy atom. The van der Waals surface area contributed by atoms with Crippen molar-refractivity contribution in [1.29, 1.82) is 0 Å². The van der Waals surface area contributed by atoms with E-state index >= 15 is 0 Å². The Kier molecular flexibility index (Phi) is 5.76. The van der Waals surface area contributed by atoms with Crippen molar-refractivity contribution in [3.8, 4) is 0 Å². The first-order valence-corrected chi connectivity index (χ1v) is 9.52. The number of carbonyl (C=O) groups is 2. The maximum absolute atomic E-state index is 12.5. The highest BCUT2D eigenvalue weighted by Gasteiger charge is 2.30. The number of rotatable bonds is 3. The first-order chi connectivity index (χ1) is 11.6. The number of amides is 3. The Hall–Kier alpha value is -1.56. The van der Waals surface area contributed by atoms with Gasteiger partial charge >= 0.3 is 6.03 Å². The van der Waals surface area contributed by atoms with Gasteiger partial charge < -0.3 is 15.1 Å². The molecule has 1 aromatic carbocycles. The number of hydrogen-bond acceptors (Lipinski definition) is 2. The number of benzene rings is 1. The minimum atomic E-state index is -0.134. The normalized spacial score (nSPS) is 21.0. The molecule has 2 aliphatic rings. The van der Waals surface area contributed by atoms with Crippen LogP contribution in [0.15, 0.2) is 28.7 Å². The molecule has 24 heavy (non-hydrogen) atoms. The smallest absolute Gasteiger partial charge is 0.318 e. The number of urea groups is 1. The molecule has 0 aliphatic carbocycles. The lowest BCUT2D eigenvalue weighted by molar-refractivity contribution is -0.130. The number of nitrogens with one attached hydrogen (secondary N) is 1. The zero-order chi connectivity index (χ0) is 16.9. The van der Waals surface area contributed by atoms with Crippen molar-refractivity contribution in [2.24, 2.45) is 0 Å². The summed E-state index contributed by atoms with van der Waals surface area (Å²) in [5.74, 6) is 0.0300. The van der Waals surface area contributed by atoms with Crippen LogP contribution in [0.3, 0.4) is 0 Å². The minimum Gasteiger partial charge on any atom is -0.341 e. The molecule has 130 valence electrons. The number of likely N-dealkylation sites (tertiary alicyclic amines) is 2. The Labute approximate surface area is 151 Å². The van der Waals surface area contributed by atoms with Gasteiger partial charge in [-0.3, -0.25) is 4.79 Å². The van der Waals surface area contributed by atoms with E-state index in [0.717, 1.165) is 55.4 Å². The van der Waals surface area contributed by atoms with Crippen LogP contribution >= 0.6 is 15.9 Å². The summed E-state index contributed by atoms with van der Waals surface area (Å²) in [5, 5.41) is 2.82. The molecule has 3 rings (SSSR count). The van der Waals surface area contributed by atoms with Gasteiger partial charge in [-0.15, -0.1) is 0 Å². The van der Waals surface area contributed by atoms with Gasteiger partial charge in [0.15, 0.2) is 0 Å². The standard InChI is InChI=1S/C18H24BrN3O2/c19-15-8-6-14(7-9-15)16-5-4-12-22(16)18(24)20-13-17(23)21-10-2-1-3-11-21/h6-9,16H,1-5,10-13H2,(H,20,24). The van der Waals surface area contributed by atoms with Gasteiger partial charge in [0, 0.05) is 24.1 Å². The van der Waals surface area contributed by atoms with E-state index in [2.05, 4.69) is 33.4 Å². The van der Waals surface area contributed by atoms with E-state index in [-0.39, 0.29) is 24.5 Å². The fourth-order valence-corrected chi connectivity index (χ4v) is 3.81. The summed E-state index contributed by atoms with van der Waals surface area (Å²) in [6, 6.07) is 8.08.